The Labute approximate surface area is 112 Å². The zero-order valence-corrected chi connectivity index (χ0v) is 12.6. The van der Waals surface area contributed by atoms with Gasteiger partial charge in [0.25, 0.3) is 0 Å². The molecule has 0 aliphatic heterocycles. The van der Waals surface area contributed by atoms with Crippen molar-refractivity contribution >= 4 is 10.0 Å². The third kappa shape index (κ3) is 5.24. The molecule has 4 nitrogen and oxygen atoms in total. The predicted molar refractivity (Wildman–Crippen MR) is 75.9 cm³/mol. The van der Waals surface area contributed by atoms with E-state index in [0.717, 1.165) is 25.7 Å². The third-order valence-corrected chi connectivity index (χ3v) is 5.48. The lowest BCUT2D eigenvalue weighted by Crippen LogP contribution is -2.54. The molecule has 0 amide bonds. The topological polar surface area (TPSA) is 72.2 Å². The zero-order valence-electron chi connectivity index (χ0n) is 11.7. The Balaban J connectivity index is 2.73. The lowest BCUT2D eigenvalue weighted by Gasteiger charge is -2.35. The van der Waals surface area contributed by atoms with E-state index in [1.165, 1.54) is 19.3 Å². The van der Waals surface area contributed by atoms with Crippen molar-refractivity contribution in [3.63, 3.8) is 0 Å². The first-order chi connectivity index (χ1) is 8.39. The molecule has 0 spiro atoms. The van der Waals surface area contributed by atoms with Crippen LogP contribution in [-0.4, -0.2) is 26.3 Å². The average molecular weight is 276 g/mol. The van der Waals surface area contributed by atoms with Crippen LogP contribution in [0.4, 0.5) is 0 Å². The van der Waals surface area contributed by atoms with Crippen LogP contribution < -0.4 is 10.5 Å². The number of rotatable bonds is 5. The van der Waals surface area contributed by atoms with Gasteiger partial charge in [-0.05, 0) is 18.8 Å². The first-order valence-corrected chi connectivity index (χ1v) is 8.76. The molecule has 0 unspecified atom stereocenters. The molecule has 108 valence electrons. The van der Waals surface area contributed by atoms with Crippen molar-refractivity contribution in [2.45, 2.75) is 64.3 Å². The van der Waals surface area contributed by atoms with E-state index in [-0.39, 0.29) is 11.7 Å². The van der Waals surface area contributed by atoms with Gasteiger partial charge in [-0.3, -0.25) is 0 Å². The molecule has 0 bridgehead atoms. The van der Waals surface area contributed by atoms with E-state index < -0.39 is 15.6 Å². The van der Waals surface area contributed by atoms with Gasteiger partial charge in [0.2, 0.25) is 10.0 Å². The molecule has 1 rings (SSSR count). The molecule has 18 heavy (non-hydrogen) atoms. The molecule has 1 aliphatic carbocycles. The highest BCUT2D eigenvalue weighted by atomic mass is 32.2. The van der Waals surface area contributed by atoms with Gasteiger partial charge in [0, 0.05) is 12.1 Å². The summed E-state index contributed by atoms with van der Waals surface area (Å²) in [6.07, 6.45) is 7.53. The fourth-order valence-electron chi connectivity index (χ4n) is 2.74. The number of hydrogen-bond acceptors (Lipinski definition) is 3. The van der Waals surface area contributed by atoms with Crippen LogP contribution >= 0.6 is 0 Å². The van der Waals surface area contributed by atoms with Crippen LogP contribution in [-0.2, 0) is 10.0 Å². The van der Waals surface area contributed by atoms with E-state index in [4.69, 9.17) is 5.73 Å². The summed E-state index contributed by atoms with van der Waals surface area (Å²) in [4.78, 5) is 0. The van der Waals surface area contributed by atoms with E-state index >= 15 is 0 Å². The monoisotopic (exact) mass is 276 g/mol. The van der Waals surface area contributed by atoms with Gasteiger partial charge in [0.15, 0.2) is 0 Å². The first kappa shape index (κ1) is 15.9. The minimum atomic E-state index is -3.21. The van der Waals surface area contributed by atoms with E-state index in [1.807, 2.05) is 13.8 Å². The third-order valence-electron chi connectivity index (χ3n) is 3.63. The largest absolute Gasteiger partial charge is 0.329 e. The standard InChI is InChI=1S/C13H28N2O2S/c1-12(2)10-18(16,17)15-13(11-14)8-6-4-3-5-7-9-13/h12,15H,3-11,14H2,1-2H3. The number of nitrogens with one attached hydrogen (secondary N) is 1. The van der Waals surface area contributed by atoms with Crippen LogP contribution in [0.3, 0.4) is 0 Å². The molecule has 0 aromatic carbocycles. The SMILES string of the molecule is CC(C)CS(=O)(=O)NC1(CN)CCCCCCC1. The summed E-state index contributed by atoms with van der Waals surface area (Å²) in [5, 5.41) is 0. The Morgan fingerprint density at radius 2 is 1.61 bits per heavy atom. The van der Waals surface area contributed by atoms with Gasteiger partial charge in [-0.15, -0.1) is 0 Å². The maximum absolute atomic E-state index is 12.1. The van der Waals surface area contributed by atoms with Crippen molar-refractivity contribution in [3.05, 3.63) is 0 Å². The van der Waals surface area contributed by atoms with Gasteiger partial charge in [-0.25, -0.2) is 13.1 Å². The zero-order chi connectivity index (χ0) is 13.6. The Hall–Kier alpha value is -0.130. The van der Waals surface area contributed by atoms with Gasteiger partial charge >= 0.3 is 0 Å². The van der Waals surface area contributed by atoms with Crippen molar-refractivity contribution in [2.75, 3.05) is 12.3 Å². The molecule has 1 aliphatic rings. The van der Waals surface area contributed by atoms with Gasteiger partial charge < -0.3 is 5.73 Å². The predicted octanol–water partition coefficient (Wildman–Crippen LogP) is 2.00. The highest BCUT2D eigenvalue weighted by Crippen LogP contribution is 2.26. The lowest BCUT2D eigenvalue weighted by atomic mass is 9.85. The summed E-state index contributed by atoms with van der Waals surface area (Å²) >= 11 is 0. The van der Waals surface area contributed by atoms with E-state index in [0.29, 0.717) is 6.54 Å². The Kier molecular flexibility index (Phi) is 6.08. The molecule has 0 heterocycles. The lowest BCUT2D eigenvalue weighted by molar-refractivity contribution is 0.295. The van der Waals surface area contributed by atoms with Gasteiger partial charge in [0.05, 0.1) is 5.75 Å². The van der Waals surface area contributed by atoms with Gasteiger partial charge in [0.1, 0.15) is 0 Å². The summed E-state index contributed by atoms with van der Waals surface area (Å²) in [5.74, 6) is 0.334. The second-order valence-corrected chi connectivity index (χ2v) is 7.80. The van der Waals surface area contributed by atoms with E-state index in [1.54, 1.807) is 0 Å². The van der Waals surface area contributed by atoms with Gasteiger partial charge in [-0.2, -0.15) is 0 Å². The van der Waals surface area contributed by atoms with Crippen LogP contribution in [0.5, 0.6) is 0 Å². The van der Waals surface area contributed by atoms with Gasteiger partial charge in [-0.1, -0.05) is 46.0 Å². The molecule has 3 N–H and O–H groups in total. The summed E-state index contributed by atoms with van der Waals surface area (Å²) in [6, 6.07) is 0. The summed E-state index contributed by atoms with van der Waals surface area (Å²) in [7, 11) is -3.21. The molecule has 0 aromatic rings. The average Bonchev–Trinajstić information content (AvgIpc) is 2.20. The van der Waals surface area contributed by atoms with Crippen LogP contribution in [0.2, 0.25) is 0 Å². The Morgan fingerprint density at radius 1 is 1.11 bits per heavy atom. The molecular weight excluding hydrogens is 248 g/mol. The number of hydrogen-bond donors (Lipinski definition) is 2. The highest BCUT2D eigenvalue weighted by Gasteiger charge is 2.33. The second-order valence-electron chi connectivity index (χ2n) is 6.03. The normalized spacial score (nSPS) is 21.6. The van der Waals surface area contributed by atoms with Crippen molar-refractivity contribution in [1.82, 2.24) is 4.72 Å². The van der Waals surface area contributed by atoms with E-state index in [2.05, 4.69) is 4.72 Å². The summed E-state index contributed by atoms with van der Waals surface area (Å²) in [6.45, 7) is 4.25. The van der Waals surface area contributed by atoms with Crippen LogP contribution in [0.1, 0.15) is 58.8 Å². The minimum Gasteiger partial charge on any atom is -0.329 e. The van der Waals surface area contributed by atoms with Crippen molar-refractivity contribution in [3.8, 4) is 0 Å². The Morgan fingerprint density at radius 3 is 2.06 bits per heavy atom. The smallest absolute Gasteiger partial charge is 0.212 e. The quantitative estimate of drug-likeness (QED) is 0.806. The van der Waals surface area contributed by atoms with Crippen LogP contribution in [0, 0.1) is 5.92 Å². The Bertz CT molecular complexity index is 331. The summed E-state index contributed by atoms with van der Waals surface area (Å²) < 4.78 is 27.1. The van der Waals surface area contributed by atoms with Crippen LogP contribution in [0.25, 0.3) is 0 Å². The fourth-order valence-corrected chi connectivity index (χ4v) is 4.65. The van der Waals surface area contributed by atoms with Crippen LogP contribution in [0.15, 0.2) is 0 Å². The fraction of sp³-hybridized carbons (Fsp3) is 1.00. The van der Waals surface area contributed by atoms with Crippen molar-refractivity contribution < 1.29 is 8.42 Å². The van der Waals surface area contributed by atoms with E-state index in [9.17, 15) is 8.42 Å². The molecule has 0 atom stereocenters. The van der Waals surface area contributed by atoms with Crippen molar-refractivity contribution in [1.29, 1.82) is 0 Å². The molecule has 0 radical (unpaired) electrons. The maximum Gasteiger partial charge on any atom is 0.212 e. The molecular formula is C13H28N2O2S. The minimum absolute atomic E-state index is 0.144. The highest BCUT2D eigenvalue weighted by molar-refractivity contribution is 7.89. The molecule has 1 fully saturated rings. The molecule has 5 heteroatoms. The summed E-state index contributed by atoms with van der Waals surface area (Å²) in [5.41, 5.74) is 5.48. The first-order valence-electron chi connectivity index (χ1n) is 7.11. The maximum atomic E-state index is 12.1. The molecule has 0 aromatic heterocycles. The second kappa shape index (κ2) is 6.87. The molecule has 1 saturated carbocycles. The number of sulfonamides is 1. The number of nitrogens with two attached hydrogens (primary N) is 1. The van der Waals surface area contributed by atoms with Crippen molar-refractivity contribution in [2.24, 2.45) is 11.7 Å². The molecule has 0 saturated heterocycles.